The highest BCUT2D eigenvalue weighted by atomic mass is 16.2. The smallest absolute Gasteiger partial charge is 0.234 e. The normalized spacial score (nSPS) is 23.9. The van der Waals surface area contributed by atoms with Gasteiger partial charge >= 0.3 is 0 Å². The molecule has 1 saturated heterocycles. The van der Waals surface area contributed by atoms with Crippen LogP contribution >= 0.6 is 0 Å². The van der Waals surface area contributed by atoms with Gasteiger partial charge in [0.15, 0.2) is 0 Å². The molecule has 0 radical (unpaired) electrons. The van der Waals surface area contributed by atoms with Crippen molar-refractivity contribution in [2.45, 2.75) is 38.8 Å². The highest BCUT2D eigenvalue weighted by Gasteiger charge is 2.18. The molecule has 0 saturated carbocycles. The number of likely N-dealkylation sites (tertiary alicyclic amines) is 1. The standard InChI is InChI=1S/C10H21N3O/c1-8(2)12-10(14)7-13-5-3-4-9(11)6-13/h8-9H,3-7,11H2,1-2H3,(H,12,14)/t9-/m1/s1. The van der Waals surface area contributed by atoms with E-state index in [9.17, 15) is 4.79 Å². The van der Waals surface area contributed by atoms with Crippen molar-refractivity contribution in [1.82, 2.24) is 10.2 Å². The molecule has 4 nitrogen and oxygen atoms in total. The Labute approximate surface area is 85.8 Å². The average Bonchev–Trinajstić information content (AvgIpc) is 2.01. The molecular formula is C10H21N3O. The summed E-state index contributed by atoms with van der Waals surface area (Å²) < 4.78 is 0. The Bertz CT molecular complexity index is 194. The van der Waals surface area contributed by atoms with Crippen LogP contribution in [0.2, 0.25) is 0 Å². The zero-order valence-corrected chi connectivity index (χ0v) is 9.12. The molecule has 1 aliphatic rings. The van der Waals surface area contributed by atoms with E-state index in [1.807, 2.05) is 13.8 Å². The number of nitrogens with two attached hydrogens (primary N) is 1. The van der Waals surface area contributed by atoms with Crippen LogP contribution in [0, 0.1) is 0 Å². The summed E-state index contributed by atoms with van der Waals surface area (Å²) in [6.45, 7) is 6.29. The molecule has 4 heteroatoms. The van der Waals surface area contributed by atoms with E-state index in [1.54, 1.807) is 0 Å². The Morgan fingerprint density at radius 1 is 1.64 bits per heavy atom. The zero-order chi connectivity index (χ0) is 10.6. The number of rotatable bonds is 3. The lowest BCUT2D eigenvalue weighted by atomic mass is 10.1. The number of carbonyl (C=O) groups is 1. The second kappa shape index (κ2) is 5.32. The van der Waals surface area contributed by atoms with Crippen molar-refractivity contribution >= 4 is 5.91 Å². The third-order valence-corrected chi connectivity index (χ3v) is 2.36. The van der Waals surface area contributed by atoms with Crippen LogP contribution < -0.4 is 11.1 Å². The van der Waals surface area contributed by atoms with Gasteiger partial charge in [-0.05, 0) is 33.2 Å². The minimum atomic E-state index is 0.106. The van der Waals surface area contributed by atoms with Gasteiger partial charge in [-0.25, -0.2) is 0 Å². The van der Waals surface area contributed by atoms with E-state index >= 15 is 0 Å². The Morgan fingerprint density at radius 3 is 2.93 bits per heavy atom. The molecule has 1 atom stereocenters. The van der Waals surface area contributed by atoms with Crippen molar-refractivity contribution in [2.75, 3.05) is 19.6 Å². The van der Waals surface area contributed by atoms with Gasteiger partial charge in [-0.3, -0.25) is 9.69 Å². The number of piperidine rings is 1. The minimum absolute atomic E-state index is 0.106. The lowest BCUT2D eigenvalue weighted by molar-refractivity contribution is -0.123. The number of amides is 1. The van der Waals surface area contributed by atoms with Gasteiger partial charge in [0.2, 0.25) is 5.91 Å². The van der Waals surface area contributed by atoms with E-state index in [2.05, 4.69) is 10.2 Å². The molecule has 1 fully saturated rings. The van der Waals surface area contributed by atoms with Crippen LogP contribution in [0.25, 0.3) is 0 Å². The first-order valence-electron chi connectivity index (χ1n) is 5.35. The van der Waals surface area contributed by atoms with Crippen LogP contribution in [0.4, 0.5) is 0 Å². The molecule has 0 spiro atoms. The molecule has 0 bridgehead atoms. The molecule has 0 aromatic heterocycles. The predicted octanol–water partition coefficient (Wildman–Crippen LogP) is -0.0659. The summed E-state index contributed by atoms with van der Waals surface area (Å²) in [6.07, 6.45) is 2.19. The second-order valence-electron chi connectivity index (χ2n) is 4.36. The van der Waals surface area contributed by atoms with E-state index in [4.69, 9.17) is 5.73 Å². The molecule has 0 aliphatic carbocycles. The molecule has 1 rings (SSSR count). The van der Waals surface area contributed by atoms with Crippen LogP contribution in [-0.2, 0) is 4.79 Å². The third kappa shape index (κ3) is 4.07. The highest BCUT2D eigenvalue weighted by Crippen LogP contribution is 2.07. The monoisotopic (exact) mass is 199 g/mol. The van der Waals surface area contributed by atoms with E-state index in [-0.39, 0.29) is 18.0 Å². The van der Waals surface area contributed by atoms with Crippen molar-refractivity contribution in [3.05, 3.63) is 0 Å². The van der Waals surface area contributed by atoms with E-state index < -0.39 is 0 Å². The van der Waals surface area contributed by atoms with Gasteiger partial charge in [0.25, 0.3) is 0 Å². The molecule has 1 heterocycles. The van der Waals surface area contributed by atoms with Crippen molar-refractivity contribution in [3.63, 3.8) is 0 Å². The van der Waals surface area contributed by atoms with Gasteiger partial charge in [0.1, 0.15) is 0 Å². The Morgan fingerprint density at radius 2 is 2.36 bits per heavy atom. The summed E-state index contributed by atoms with van der Waals surface area (Å²) in [5, 5.41) is 2.88. The number of hydrogen-bond donors (Lipinski definition) is 2. The van der Waals surface area contributed by atoms with Crippen molar-refractivity contribution < 1.29 is 4.79 Å². The first kappa shape index (κ1) is 11.5. The maximum atomic E-state index is 11.4. The van der Waals surface area contributed by atoms with E-state index in [1.165, 1.54) is 0 Å². The molecule has 14 heavy (non-hydrogen) atoms. The fraction of sp³-hybridized carbons (Fsp3) is 0.900. The topological polar surface area (TPSA) is 58.4 Å². The zero-order valence-electron chi connectivity index (χ0n) is 9.12. The molecule has 82 valence electrons. The summed E-state index contributed by atoms with van der Waals surface area (Å²) in [4.78, 5) is 13.6. The van der Waals surface area contributed by atoms with Crippen LogP contribution in [0.1, 0.15) is 26.7 Å². The Hall–Kier alpha value is -0.610. The van der Waals surface area contributed by atoms with Crippen molar-refractivity contribution in [1.29, 1.82) is 0 Å². The SMILES string of the molecule is CC(C)NC(=O)CN1CCC[C@@H](N)C1. The average molecular weight is 199 g/mol. The minimum Gasteiger partial charge on any atom is -0.353 e. The van der Waals surface area contributed by atoms with Crippen LogP contribution in [-0.4, -0.2) is 42.5 Å². The first-order chi connectivity index (χ1) is 6.58. The predicted molar refractivity (Wildman–Crippen MR) is 56.9 cm³/mol. The quantitative estimate of drug-likeness (QED) is 0.669. The van der Waals surface area contributed by atoms with Crippen LogP contribution in [0.3, 0.4) is 0 Å². The first-order valence-corrected chi connectivity index (χ1v) is 5.35. The number of carbonyl (C=O) groups excluding carboxylic acids is 1. The molecule has 0 unspecified atom stereocenters. The van der Waals surface area contributed by atoms with Gasteiger partial charge in [0, 0.05) is 18.6 Å². The Balaban J connectivity index is 2.25. The molecular weight excluding hydrogens is 178 g/mol. The second-order valence-corrected chi connectivity index (χ2v) is 4.36. The lowest BCUT2D eigenvalue weighted by Crippen LogP contribution is -2.47. The van der Waals surface area contributed by atoms with Crippen molar-refractivity contribution in [3.8, 4) is 0 Å². The van der Waals surface area contributed by atoms with Gasteiger partial charge in [-0.2, -0.15) is 0 Å². The summed E-state index contributed by atoms with van der Waals surface area (Å²) >= 11 is 0. The molecule has 3 N–H and O–H groups in total. The number of nitrogens with one attached hydrogen (secondary N) is 1. The van der Waals surface area contributed by atoms with Gasteiger partial charge in [-0.15, -0.1) is 0 Å². The van der Waals surface area contributed by atoms with Gasteiger partial charge < -0.3 is 11.1 Å². The maximum absolute atomic E-state index is 11.4. The molecule has 1 amide bonds. The van der Waals surface area contributed by atoms with E-state index in [0.29, 0.717) is 6.54 Å². The summed E-state index contributed by atoms with van der Waals surface area (Å²) in [6, 6.07) is 0.469. The molecule has 0 aromatic rings. The molecule has 1 aliphatic heterocycles. The summed E-state index contributed by atoms with van der Waals surface area (Å²) in [5.74, 6) is 0.106. The summed E-state index contributed by atoms with van der Waals surface area (Å²) in [7, 11) is 0. The fourth-order valence-corrected chi connectivity index (χ4v) is 1.81. The fourth-order valence-electron chi connectivity index (χ4n) is 1.81. The number of hydrogen-bond acceptors (Lipinski definition) is 3. The third-order valence-electron chi connectivity index (χ3n) is 2.36. The van der Waals surface area contributed by atoms with Gasteiger partial charge in [-0.1, -0.05) is 0 Å². The van der Waals surface area contributed by atoms with Crippen LogP contribution in [0.15, 0.2) is 0 Å². The Kier molecular flexibility index (Phi) is 4.35. The maximum Gasteiger partial charge on any atom is 0.234 e. The van der Waals surface area contributed by atoms with Crippen molar-refractivity contribution in [2.24, 2.45) is 5.73 Å². The van der Waals surface area contributed by atoms with Gasteiger partial charge in [0.05, 0.1) is 6.54 Å². The van der Waals surface area contributed by atoms with Crippen LogP contribution in [0.5, 0.6) is 0 Å². The molecule has 0 aromatic carbocycles. The summed E-state index contributed by atoms with van der Waals surface area (Å²) in [5.41, 5.74) is 5.83. The largest absolute Gasteiger partial charge is 0.353 e. The highest BCUT2D eigenvalue weighted by molar-refractivity contribution is 5.78. The number of nitrogens with zero attached hydrogens (tertiary/aromatic N) is 1. The lowest BCUT2D eigenvalue weighted by Gasteiger charge is -2.30. The van der Waals surface area contributed by atoms with E-state index in [0.717, 1.165) is 25.9 Å².